The van der Waals surface area contributed by atoms with Crippen LogP contribution in [-0.2, 0) is 15.9 Å². The lowest BCUT2D eigenvalue weighted by Gasteiger charge is -1.95. The predicted molar refractivity (Wildman–Crippen MR) is 24.6 cm³/mol. The molecule has 0 aromatic carbocycles. The highest BCUT2D eigenvalue weighted by molar-refractivity contribution is 7.95. The van der Waals surface area contributed by atoms with Crippen LogP contribution in [0.2, 0.25) is 0 Å². The van der Waals surface area contributed by atoms with E-state index in [0.29, 0.717) is 0 Å². The molecule has 0 bridgehead atoms. The number of carbonyl (C=O) groups is 1. The standard InChI is InChI=1S/C2H3ClO3S/c3-1-2(4)7(5)6/h1H2,(H,5,6)/p-1. The van der Waals surface area contributed by atoms with Crippen molar-refractivity contribution in [2.24, 2.45) is 0 Å². The molecule has 0 aliphatic rings. The molecule has 5 heteroatoms. The molecule has 0 fully saturated rings. The molecule has 1 unspecified atom stereocenters. The molecule has 0 N–H and O–H groups in total. The van der Waals surface area contributed by atoms with E-state index in [1.54, 1.807) is 0 Å². The van der Waals surface area contributed by atoms with Gasteiger partial charge in [0.15, 0.2) is 0 Å². The Kier molecular flexibility index (Phi) is 3.15. The summed E-state index contributed by atoms with van der Waals surface area (Å²) in [5.74, 6) is -0.462. The van der Waals surface area contributed by atoms with Gasteiger partial charge in [0.05, 0.1) is 5.88 Å². The van der Waals surface area contributed by atoms with E-state index in [9.17, 15) is 13.6 Å². The van der Waals surface area contributed by atoms with Crippen molar-refractivity contribution in [1.29, 1.82) is 0 Å². The SMILES string of the molecule is O=C(CCl)S(=O)[O-]. The first-order valence-electron chi connectivity index (χ1n) is 1.36. The van der Waals surface area contributed by atoms with E-state index >= 15 is 0 Å². The Labute approximate surface area is 47.9 Å². The molecule has 42 valence electrons. The fourth-order valence-electron chi connectivity index (χ4n) is 0.0445. The zero-order chi connectivity index (χ0) is 5.86. The molecule has 0 aromatic heterocycles. The molecule has 7 heavy (non-hydrogen) atoms. The van der Waals surface area contributed by atoms with Crippen LogP contribution in [0.5, 0.6) is 0 Å². The Bertz CT molecular complexity index is 101. The van der Waals surface area contributed by atoms with Crippen molar-refractivity contribution < 1.29 is 13.6 Å². The lowest BCUT2D eigenvalue weighted by molar-refractivity contribution is -0.109. The Hall–Kier alpha value is 0.0700. The molecule has 3 nitrogen and oxygen atoms in total. The summed E-state index contributed by atoms with van der Waals surface area (Å²) < 4.78 is 19.0. The number of carbonyl (C=O) groups excluding carboxylic acids is 1. The lowest BCUT2D eigenvalue weighted by Crippen LogP contribution is -2.06. The first kappa shape index (κ1) is 7.07. The molecule has 0 radical (unpaired) electrons. The van der Waals surface area contributed by atoms with Crippen molar-refractivity contribution in [3.8, 4) is 0 Å². The van der Waals surface area contributed by atoms with Gasteiger partial charge in [-0.3, -0.25) is 9.00 Å². The summed E-state index contributed by atoms with van der Waals surface area (Å²) in [6, 6.07) is 0. The van der Waals surface area contributed by atoms with Crippen LogP contribution >= 0.6 is 11.6 Å². The average molecular weight is 142 g/mol. The van der Waals surface area contributed by atoms with Crippen LogP contribution < -0.4 is 0 Å². The van der Waals surface area contributed by atoms with Crippen molar-refractivity contribution in [3.63, 3.8) is 0 Å². The van der Waals surface area contributed by atoms with Gasteiger partial charge in [-0.25, -0.2) is 0 Å². The van der Waals surface area contributed by atoms with Gasteiger partial charge in [0.25, 0.3) is 0 Å². The lowest BCUT2D eigenvalue weighted by atomic mass is 10.9. The summed E-state index contributed by atoms with van der Waals surface area (Å²) in [5, 5.41) is -0.971. The van der Waals surface area contributed by atoms with E-state index in [1.165, 1.54) is 0 Å². The van der Waals surface area contributed by atoms with Gasteiger partial charge in [-0.1, -0.05) is 0 Å². The van der Waals surface area contributed by atoms with Gasteiger partial charge in [-0.2, -0.15) is 0 Å². The van der Waals surface area contributed by atoms with Crippen LogP contribution in [0.25, 0.3) is 0 Å². The van der Waals surface area contributed by atoms with E-state index in [2.05, 4.69) is 0 Å². The zero-order valence-electron chi connectivity index (χ0n) is 3.22. The van der Waals surface area contributed by atoms with Gasteiger partial charge in [-0.15, -0.1) is 11.6 Å². The normalized spacial score (nSPS) is 13.4. The first-order chi connectivity index (χ1) is 3.18. The van der Waals surface area contributed by atoms with Crippen LogP contribution in [0, 0.1) is 0 Å². The molecule has 0 saturated carbocycles. The van der Waals surface area contributed by atoms with E-state index in [1.807, 2.05) is 0 Å². The monoisotopic (exact) mass is 141 g/mol. The molecular formula is C2H2ClO3S-. The Balaban J connectivity index is 3.58. The van der Waals surface area contributed by atoms with Crippen LogP contribution in [0.15, 0.2) is 0 Å². The highest BCUT2D eigenvalue weighted by Crippen LogP contribution is 1.80. The van der Waals surface area contributed by atoms with Gasteiger partial charge in [0.1, 0.15) is 0 Å². The summed E-state index contributed by atoms with van der Waals surface area (Å²) in [5.41, 5.74) is 0. The first-order valence-corrected chi connectivity index (χ1v) is 2.97. The second kappa shape index (κ2) is 3.12. The minimum absolute atomic E-state index is 0.462. The maximum absolute atomic E-state index is 9.77. The number of alkyl halides is 1. The molecule has 0 aromatic rings. The summed E-state index contributed by atoms with van der Waals surface area (Å²) >= 11 is 2.17. The van der Waals surface area contributed by atoms with Crippen LogP contribution in [0.4, 0.5) is 0 Å². The highest BCUT2D eigenvalue weighted by atomic mass is 35.5. The van der Waals surface area contributed by atoms with Crippen LogP contribution in [0.3, 0.4) is 0 Å². The van der Waals surface area contributed by atoms with Gasteiger partial charge >= 0.3 is 0 Å². The van der Waals surface area contributed by atoms with Gasteiger partial charge < -0.3 is 4.55 Å². The Morgan fingerprint density at radius 1 is 1.86 bits per heavy atom. The maximum Gasteiger partial charge on any atom is 0.220 e. The van der Waals surface area contributed by atoms with E-state index in [-0.39, 0.29) is 0 Å². The highest BCUT2D eigenvalue weighted by Gasteiger charge is 1.94. The molecule has 0 amide bonds. The molecular weight excluding hydrogens is 140 g/mol. The Morgan fingerprint density at radius 3 is 2.29 bits per heavy atom. The number of hydrogen-bond donors (Lipinski definition) is 0. The fraction of sp³-hybridized carbons (Fsp3) is 0.500. The van der Waals surface area contributed by atoms with E-state index in [4.69, 9.17) is 11.6 Å². The number of halogens is 1. The maximum atomic E-state index is 9.77. The zero-order valence-corrected chi connectivity index (χ0v) is 4.79. The van der Waals surface area contributed by atoms with Gasteiger partial charge in [0.2, 0.25) is 5.12 Å². The summed E-state index contributed by atoms with van der Waals surface area (Å²) in [7, 11) is 0. The predicted octanol–water partition coefficient (Wildman–Crippen LogP) is -0.369. The van der Waals surface area contributed by atoms with Crippen LogP contribution in [0.1, 0.15) is 0 Å². The van der Waals surface area contributed by atoms with Gasteiger partial charge in [0, 0.05) is 11.1 Å². The topological polar surface area (TPSA) is 57.2 Å². The van der Waals surface area contributed by atoms with Crippen molar-refractivity contribution in [2.45, 2.75) is 0 Å². The third-order valence-corrected chi connectivity index (χ3v) is 1.21. The number of rotatable bonds is 1. The number of hydrogen-bond acceptors (Lipinski definition) is 3. The second-order valence-electron chi connectivity index (χ2n) is 0.740. The van der Waals surface area contributed by atoms with E-state index in [0.717, 1.165) is 0 Å². The third kappa shape index (κ3) is 2.73. The molecule has 0 rings (SSSR count). The Morgan fingerprint density at radius 2 is 2.29 bits per heavy atom. The molecule has 1 atom stereocenters. The van der Waals surface area contributed by atoms with Crippen molar-refractivity contribution >= 4 is 27.8 Å². The minimum Gasteiger partial charge on any atom is -0.766 e. The van der Waals surface area contributed by atoms with Gasteiger partial charge in [-0.05, 0) is 0 Å². The van der Waals surface area contributed by atoms with Crippen LogP contribution in [-0.4, -0.2) is 19.8 Å². The van der Waals surface area contributed by atoms with Crippen molar-refractivity contribution in [1.82, 2.24) is 0 Å². The fourth-order valence-corrected chi connectivity index (χ4v) is 0.401. The molecule has 0 saturated heterocycles. The quantitative estimate of drug-likeness (QED) is 0.370. The summed E-state index contributed by atoms with van der Waals surface area (Å²) in [6.07, 6.45) is 0. The molecule has 0 aliphatic carbocycles. The summed E-state index contributed by atoms with van der Waals surface area (Å²) in [6.45, 7) is 0. The molecule has 0 aliphatic heterocycles. The second-order valence-corrected chi connectivity index (χ2v) is 1.93. The molecule has 0 spiro atoms. The minimum atomic E-state index is -2.63. The van der Waals surface area contributed by atoms with Crippen molar-refractivity contribution in [2.75, 3.05) is 5.88 Å². The summed E-state index contributed by atoms with van der Waals surface area (Å²) in [4.78, 5) is 9.77. The van der Waals surface area contributed by atoms with Crippen molar-refractivity contribution in [3.05, 3.63) is 0 Å². The third-order valence-electron chi connectivity index (χ3n) is 0.295. The van der Waals surface area contributed by atoms with E-state index < -0.39 is 22.1 Å². The smallest absolute Gasteiger partial charge is 0.220 e. The largest absolute Gasteiger partial charge is 0.766 e. The molecule has 0 heterocycles. The average Bonchev–Trinajstić information content (AvgIpc) is 1.65.